The minimum atomic E-state index is -3.57. The molecule has 1 aromatic carbocycles. The van der Waals surface area contributed by atoms with Crippen LogP contribution in [0.5, 0.6) is 0 Å². The van der Waals surface area contributed by atoms with Crippen LogP contribution in [0.3, 0.4) is 0 Å². The zero-order valence-electron chi connectivity index (χ0n) is 12.7. The lowest BCUT2D eigenvalue weighted by Crippen LogP contribution is -2.37. The molecule has 0 amide bonds. The summed E-state index contributed by atoms with van der Waals surface area (Å²) in [5.41, 5.74) is 0.854. The molecule has 1 aliphatic rings. The predicted octanol–water partition coefficient (Wildman–Crippen LogP) is 2.60. The second-order valence-electron chi connectivity index (χ2n) is 5.65. The Morgan fingerprint density at radius 1 is 1.30 bits per heavy atom. The molecule has 122 valence electrons. The lowest BCUT2D eigenvalue weighted by atomic mass is 10.2. The van der Waals surface area contributed by atoms with Crippen molar-refractivity contribution in [2.24, 2.45) is 0 Å². The van der Waals surface area contributed by atoms with Gasteiger partial charge in [0.25, 0.3) is 0 Å². The smallest absolute Gasteiger partial charge is 0.240 e. The SMILES string of the molecule is Cc1ccc(S(=O)(=O)NC2CCN(c3ccccn3)C2)cc1Cl. The molecule has 1 unspecified atom stereocenters. The van der Waals surface area contributed by atoms with Crippen LogP contribution in [0.25, 0.3) is 0 Å². The third-order valence-corrected chi connectivity index (χ3v) is 5.86. The van der Waals surface area contributed by atoms with Crippen LogP contribution >= 0.6 is 11.6 Å². The fourth-order valence-corrected chi connectivity index (χ4v) is 4.17. The normalized spacial score (nSPS) is 18.3. The summed E-state index contributed by atoms with van der Waals surface area (Å²) in [6.45, 7) is 3.22. The number of aromatic nitrogens is 1. The average molecular weight is 352 g/mol. The topological polar surface area (TPSA) is 62.3 Å². The largest absolute Gasteiger partial charge is 0.355 e. The van der Waals surface area contributed by atoms with E-state index < -0.39 is 10.0 Å². The van der Waals surface area contributed by atoms with Crippen molar-refractivity contribution in [2.45, 2.75) is 24.3 Å². The lowest BCUT2D eigenvalue weighted by molar-refractivity contribution is 0.561. The van der Waals surface area contributed by atoms with Gasteiger partial charge >= 0.3 is 0 Å². The molecule has 1 atom stereocenters. The highest BCUT2D eigenvalue weighted by Crippen LogP contribution is 2.22. The van der Waals surface area contributed by atoms with E-state index in [9.17, 15) is 8.42 Å². The van der Waals surface area contributed by atoms with Gasteiger partial charge < -0.3 is 4.90 Å². The summed E-state index contributed by atoms with van der Waals surface area (Å²) in [4.78, 5) is 6.58. The van der Waals surface area contributed by atoms with Gasteiger partial charge in [-0.1, -0.05) is 23.7 Å². The zero-order chi connectivity index (χ0) is 16.4. The molecule has 1 aromatic heterocycles. The van der Waals surface area contributed by atoms with Crippen LogP contribution in [-0.2, 0) is 10.0 Å². The number of halogens is 1. The van der Waals surface area contributed by atoms with E-state index in [2.05, 4.69) is 14.6 Å². The van der Waals surface area contributed by atoms with E-state index in [-0.39, 0.29) is 10.9 Å². The summed E-state index contributed by atoms with van der Waals surface area (Å²) in [6, 6.07) is 10.4. The Labute approximate surface area is 141 Å². The molecule has 0 spiro atoms. The van der Waals surface area contributed by atoms with Crippen molar-refractivity contribution >= 4 is 27.4 Å². The number of pyridine rings is 1. The molecule has 0 bridgehead atoms. The third kappa shape index (κ3) is 3.65. The highest BCUT2D eigenvalue weighted by atomic mass is 35.5. The minimum absolute atomic E-state index is 0.137. The van der Waals surface area contributed by atoms with Crippen molar-refractivity contribution in [2.75, 3.05) is 18.0 Å². The molecule has 7 heteroatoms. The maximum Gasteiger partial charge on any atom is 0.240 e. The third-order valence-electron chi connectivity index (χ3n) is 3.94. The molecule has 1 aliphatic heterocycles. The molecule has 1 fully saturated rings. The van der Waals surface area contributed by atoms with E-state index in [0.29, 0.717) is 11.6 Å². The van der Waals surface area contributed by atoms with Crippen LogP contribution in [-0.4, -0.2) is 32.5 Å². The van der Waals surface area contributed by atoms with Crippen molar-refractivity contribution < 1.29 is 8.42 Å². The Kier molecular flexibility index (Phi) is 4.57. The van der Waals surface area contributed by atoms with E-state index in [1.165, 1.54) is 6.07 Å². The van der Waals surface area contributed by atoms with Crippen molar-refractivity contribution in [1.29, 1.82) is 0 Å². The number of benzene rings is 1. The van der Waals surface area contributed by atoms with Gasteiger partial charge in [-0.2, -0.15) is 0 Å². The molecule has 0 aliphatic carbocycles. The molecule has 1 saturated heterocycles. The number of hydrogen-bond donors (Lipinski definition) is 1. The van der Waals surface area contributed by atoms with Crippen LogP contribution in [0, 0.1) is 6.92 Å². The first-order chi connectivity index (χ1) is 11.0. The summed E-state index contributed by atoms with van der Waals surface area (Å²) < 4.78 is 27.7. The van der Waals surface area contributed by atoms with Gasteiger partial charge in [-0.15, -0.1) is 0 Å². The molecule has 0 radical (unpaired) electrons. The predicted molar refractivity (Wildman–Crippen MR) is 91.4 cm³/mol. The van der Waals surface area contributed by atoms with E-state index in [1.54, 1.807) is 18.3 Å². The van der Waals surface area contributed by atoms with E-state index in [1.807, 2.05) is 25.1 Å². The van der Waals surface area contributed by atoms with E-state index >= 15 is 0 Å². The van der Waals surface area contributed by atoms with Crippen molar-refractivity contribution in [1.82, 2.24) is 9.71 Å². The Bertz CT molecular complexity index is 796. The number of sulfonamides is 1. The van der Waals surface area contributed by atoms with Gasteiger partial charge in [0.15, 0.2) is 0 Å². The summed E-state index contributed by atoms with van der Waals surface area (Å²) in [6.07, 6.45) is 2.48. The van der Waals surface area contributed by atoms with E-state index in [0.717, 1.165) is 24.3 Å². The van der Waals surface area contributed by atoms with Crippen LogP contribution in [0.2, 0.25) is 5.02 Å². The van der Waals surface area contributed by atoms with Crippen LogP contribution in [0.15, 0.2) is 47.5 Å². The standard InChI is InChI=1S/C16H18ClN3O2S/c1-12-5-6-14(10-15(12)17)23(21,22)19-13-7-9-20(11-13)16-4-2-3-8-18-16/h2-6,8,10,13,19H,7,9,11H2,1H3. The quantitative estimate of drug-likeness (QED) is 0.919. The zero-order valence-corrected chi connectivity index (χ0v) is 14.3. The monoisotopic (exact) mass is 351 g/mol. The van der Waals surface area contributed by atoms with Gasteiger partial charge in [0.1, 0.15) is 5.82 Å². The second kappa shape index (κ2) is 6.47. The average Bonchev–Trinajstić information content (AvgIpc) is 2.98. The number of rotatable bonds is 4. The highest BCUT2D eigenvalue weighted by Gasteiger charge is 2.28. The summed E-state index contributed by atoms with van der Waals surface area (Å²) in [5, 5.41) is 0.453. The molecule has 2 aromatic rings. The number of nitrogens with zero attached hydrogens (tertiary/aromatic N) is 2. The molecule has 23 heavy (non-hydrogen) atoms. The van der Waals surface area contributed by atoms with Crippen LogP contribution in [0.4, 0.5) is 5.82 Å². The first-order valence-electron chi connectivity index (χ1n) is 7.40. The Balaban J connectivity index is 1.71. The minimum Gasteiger partial charge on any atom is -0.355 e. The Morgan fingerprint density at radius 2 is 2.13 bits per heavy atom. The Hall–Kier alpha value is -1.63. The summed E-state index contributed by atoms with van der Waals surface area (Å²) in [5.74, 6) is 0.868. The van der Waals surface area contributed by atoms with Gasteiger partial charge in [-0.05, 0) is 43.2 Å². The second-order valence-corrected chi connectivity index (χ2v) is 7.77. The molecule has 2 heterocycles. The fraction of sp³-hybridized carbons (Fsp3) is 0.312. The van der Waals surface area contributed by atoms with Gasteiger partial charge in [0.2, 0.25) is 10.0 Å². The molecular weight excluding hydrogens is 334 g/mol. The first-order valence-corrected chi connectivity index (χ1v) is 9.26. The molecule has 5 nitrogen and oxygen atoms in total. The maximum absolute atomic E-state index is 12.5. The maximum atomic E-state index is 12.5. The summed E-state index contributed by atoms with van der Waals surface area (Å²) in [7, 11) is -3.57. The Morgan fingerprint density at radius 3 is 2.83 bits per heavy atom. The highest BCUT2D eigenvalue weighted by molar-refractivity contribution is 7.89. The van der Waals surface area contributed by atoms with E-state index in [4.69, 9.17) is 11.6 Å². The fourth-order valence-electron chi connectivity index (χ4n) is 2.63. The molecular formula is C16H18ClN3O2S. The van der Waals surface area contributed by atoms with Crippen molar-refractivity contribution in [3.63, 3.8) is 0 Å². The number of hydrogen-bond acceptors (Lipinski definition) is 4. The first kappa shape index (κ1) is 16.2. The summed E-state index contributed by atoms with van der Waals surface area (Å²) >= 11 is 6.03. The van der Waals surface area contributed by atoms with Gasteiger partial charge in [-0.25, -0.2) is 18.1 Å². The van der Waals surface area contributed by atoms with Crippen LogP contribution in [0.1, 0.15) is 12.0 Å². The van der Waals surface area contributed by atoms with Crippen molar-refractivity contribution in [3.05, 3.63) is 53.2 Å². The van der Waals surface area contributed by atoms with Crippen LogP contribution < -0.4 is 9.62 Å². The van der Waals surface area contributed by atoms with Gasteiger partial charge in [0.05, 0.1) is 4.90 Å². The number of nitrogens with one attached hydrogen (secondary N) is 1. The van der Waals surface area contributed by atoms with Gasteiger partial charge in [0, 0.05) is 30.4 Å². The molecule has 0 saturated carbocycles. The number of aryl methyl sites for hydroxylation is 1. The lowest BCUT2D eigenvalue weighted by Gasteiger charge is -2.18. The van der Waals surface area contributed by atoms with Gasteiger partial charge in [-0.3, -0.25) is 0 Å². The molecule has 1 N–H and O–H groups in total. The van der Waals surface area contributed by atoms with Crippen molar-refractivity contribution in [3.8, 4) is 0 Å². The molecule has 3 rings (SSSR count). The number of anilines is 1.